The van der Waals surface area contributed by atoms with Crippen LogP contribution in [0.4, 0.5) is 0 Å². The number of hydrogen-bond acceptors (Lipinski definition) is 16. The Bertz CT molecular complexity index is 1920. The third-order valence-corrected chi connectivity index (χ3v) is 10.7. The summed E-state index contributed by atoms with van der Waals surface area (Å²) in [6, 6.07) is -12.4. The van der Waals surface area contributed by atoms with Gasteiger partial charge in [-0.1, -0.05) is 13.8 Å². The Morgan fingerprint density at radius 2 is 1.37 bits per heavy atom. The molecule has 9 atom stereocenters. The summed E-state index contributed by atoms with van der Waals surface area (Å²) in [6.45, 7) is 2.52. The third kappa shape index (κ3) is 19.2. The first-order chi connectivity index (χ1) is 31.5. The van der Waals surface area contributed by atoms with E-state index in [-0.39, 0.29) is 44.6 Å². The molecule has 0 saturated carbocycles. The molecular formula is C39H61N11O16S. The van der Waals surface area contributed by atoms with Gasteiger partial charge in [0.15, 0.2) is 6.04 Å². The Labute approximate surface area is 388 Å². The van der Waals surface area contributed by atoms with Crippen LogP contribution in [0.5, 0.6) is 0 Å². The van der Waals surface area contributed by atoms with E-state index in [1.54, 1.807) is 20.1 Å². The van der Waals surface area contributed by atoms with Gasteiger partial charge >= 0.3 is 17.9 Å². The van der Waals surface area contributed by atoms with Gasteiger partial charge in [0.05, 0.1) is 44.5 Å². The number of aromatic amines is 1. The summed E-state index contributed by atoms with van der Waals surface area (Å²) >= 11 is 1.33. The molecule has 0 radical (unpaired) electrons. The summed E-state index contributed by atoms with van der Waals surface area (Å²) < 4.78 is 0. The number of carbonyl (C=O) groups excluding carboxylic acids is 8. The molecule has 27 nitrogen and oxygen atoms in total. The van der Waals surface area contributed by atoms with Crippen molar-refractivity contribution < 1.29 is 78.3 Å². The number of aliphatic hydroxyl groups is 2. The maximum Gasteiger partial charge on any atom is 0.328 e. The van der Waals surface area contributed by atoms with Crippen molar-refractivity contribution in [3.63, 3.8) is 0 Å². The number of nitrogens with zero attached hydrogens (tertiary/aromatic N) is 2. The zero-order chi connectivity index (χ0) is 50.5. The number of amides is 8. The molecule has 0 aliphatic carbocycles. The number of imidazole rings is 1. The molecule has 15 N–H and O–H groups in total. The van der Waals surface area contributed by atoms with Crippen molar-refractivity contribution in [1.29, 1.82) is 0 Å². The molecule has 8 amide bonds. The number of aromatic nitrogens is 2. The van der Waals surface area contributed by atoms with E-state index in [2.05, 4.69) is 41.9 Å². The molecule has 1 fully saturated rings. The SMILES string of the molecule is CSCC[C@H](NC(=O)[C@@H](N)Cc1cnc[nH]1)C(=O)N[C@@H](CC(=O)O)C(=O)N[C@@H](CO)C(=O)N1CCC[C@H]1C(=O)N[C@@H](CC(=O)O)C(=O)N[C@@H](CC(C)C)C(=O)NCC(=O)N[C@H](C(=O)O)[C@@H](C)O. The van der Waals surface area contributed by atoms with E-state index in [4.69, 9.17) is 5.73 Å². The van der Waals surface area contributed by atoms with Gasteiger partial charge in [0, 0.05) is 24.9 Å². The highest BCUT2D eigenvalue weighted by Crippen LogP contribution is 2.19. The molecule has 1 aromatic heterocycles. The Kier molecular flexibility index (Phi) is 23.7. The van der Waals surface area contributed by atoms with Gasteiger partial charge in [0.1, 0.15) is 36.3 Å². The average Bonchev–Trinajstić information content (AvgIpc) is 3.96. The first-order valence-electron chi connectivity index (χ1n) is 21.1. The standard InChI is InChI=1S/C39H61N11O16S/c1-18(2)10-23(33(59)42-15-28(53)49-31(19(3)52)39(65)66)45-35(61)25(13-30(56)57)47-37(63)27-6-5-8-50(27)38(64)26(16-51)48-36(62)24(12-29(54)55)46-34(60)22(7-9-67-4)44-32(58)21(40)11-20-14-41-17-43-20/h14,17-19,21-27,31,51-52H,5-13,15-16,40H2,1-4H3,(H,41,43)(H,42,59)(H,44,58)(H,45,61)(H,46,60)(H,47,63)(H,48,62)(H,49,53)(H,54,55)(H,56,57)(H,65,66)/t19-,21+,22+,23+,24+,25+,26+,27+,31+/m1/s1. The Hall–Kier alpha value is -6.39. The molecule has 374 valence electrons. The number of nitrogens with one attached hydrogen (secondary N) is 8. The van der Waals surface area contributed by atoms with Crippen molar-refractivity contribution >= 4 is 76.9 Å². The van der Waals surface area contributed by atoms with Gasteiger partial charge in [-0.05, 0) is 50.5 Å². The van der Waals surface area contributed by atoms with Crippen molar-refractivity contribution in [3.8, 4) is 0 Å². The van der Waals surface area contributed by atoms with E-state index in [1.807, 2.05) is 5.32 Å². The smallest absolute Gasteiger partial charge is 0.328 e. The lowest BCUT2D eigenvalue weighted by Crippen LogP contribution is -2.60. The Morgan fingerprint density at radius 3 is 1.90 bits per heavy atom. The minimum Gasteiger partial charge on any atom is -0.481 e. The number of rotatable bonds is 29. The van der Waals surface area contributed by atoms with Crippen LogP contribution in [0.1, 0.15) is 65.0 Å². The molecule has 1 saturated heterocycles. The molecule has 2 heterocycles. The first kappa shape index (κ1) is 56.7. The van der Waals surface area contributed by atoms with Gasteiger partial charge in [-0.2, -0.15) is 11.8 Å². The topological polar surface area (TPSA) is 431 Å². The number of carboxylic acid groups (broad SMARTS) is 3. The Balaban J connectivity index is 2.20. The van der Waals surface area contributed by atoms with Crippen LogP contribution >= 0.6 is 11.8 Å². The predicted octanol–water partition coefficient (Wildman–Crippen LogP) is -5.50. The van der Waals surface area contributed by atoms with Gasteiger partial charge in [0.25, 0.3) is 0 Å². The van der Waals surface area contributed by atoms with Crippen molar-refractivity contribution in [2.45, 2.75) is 120 Å². The van der Waals surface area contributed by atoms with E-state index in [0.29, 0.717) is 11.4 Å². The minimum absolute atomic E-state index is 0.0320. The van der Waals surface area contributed by atoms with Crippen LogP contribution in [0, 0.1) is 5.92 Å². The summed E-state index contributed by atoms with van der Waals surface area (Å²) in [4.78, 5) is 149. The highest BCUT2D eigenvalue weighted by atomic mass is 32.2. The number of H-pyrrole nitrogens is 1. The van der Waals surface area contributed by atoms with Crippen LogP contribution in [0.3, 0.4) is 0 Å². The molecule has 28 heteroatoms. The van der Waals surface area contributed by atoms with E-state index < -0.39 is 146 Å². The first-order valence-corrected chi connectivity index (χ1v) is 22.4. The molecule has 0 unspecified atom stereocenters. The molecule has 0 spiro atoms. The monoisotopic (exact) mass is 971 g/mol. The molecule has 67 heavy (non-hydrogen) atoms. The molecule has 2 rings (SSSR count). The second-order valence-electron chi connectivity index (χ2n) is 16.0. The maximum atomic E-state index is 13.8. The highest BCUT2D eigenvalue weighted by Gasteiger charge is 2.41. The number of likely N-dealkylation sites (tertiary alicyclic amines) is 1. The molecular weight excluding hydrogens is 911 g/mol. The summed E-state index contributed by atoms with van der Waals surface area (Å²) in [5.74, 6) is -12.6. The van der Waals surface area contributed by atoms with Gasteiger partial charge in [-0.15, -0.1) is 0 Å². The largest absolute Gasteiger partial charge is 0.481 e. The van der Waals surface area contributed by atoms with E-state index in [9.17, 15) is 78.3 Å². The van der Waals surface area contributed by atoms with Crippen molar-refractivity contribution in [2.75, 3.05) is 31.7 Å². The number of hydrogen-bond donors (Lipinski definition) is 14. The summed E-state index contributed by atoms with van der Waals surface area (Å²) in [5, 5.41) is 64.1. The van der Waals surface area contributed by atoms with Crippen LogP contribution in [-0.4, -0.2) is 192 Å². The zero-order valence-electron chi connectivity index (χ0n) is 37.3. The van der Waals surface area contributed by atoms with Crippen molar-refractivity contribution in [3.05, 3.63) is 18.2 Å². The van der Waals surface area contributed by atoms with Crippen LogP contribution in [-0.2, 0) is 59.2 Å². The minimum atomic E-state index is -1.84. The number of thioether (sulfide) groups is 1. The predicted molar refractivity (Wildman–Crippen MR) is 233 cm³/mol. The summed E-state index contributed by atoms with van der Waals surface area (Å²) in [5.41, 5.74) is 6.55. The lowest BCUT2D eigenvalue weighted by molar-refractivity contribution is -0.145. The lowest BCUT2D eigenvalue weighted by Gasteiger charge is -2.30. The molecule has 0 aromatic carbocycles. The molecule has 0 bridgehead atoms. The second-order valence-corrected chi connectivity index (χ2v) is 17.0. The van der Waals surface area contributed by atoms with E-state index in [0.717, 1.165) is 11.8 Å². The number of aliphatic carboxylic acids is 3. The Morgan fingerprint density at radius 1 is 0.806 bits per heavy atom. The third-order valence-electron chi connectivity index (χ3n) is 10.1. The summed E-state index contributed by atoms with van der Waals surface area (Å²) in [6.07, 6.45) is 1.28. The number of nitrogens with two attached hydrogens (primary N) is 1. The molecule has 1 aromatic rings. The van der Waals surface area contributed by atoms with E-state index in [1.165, 1.54) is 24.3 Å². The van der Waals surface area contributed by atoms with Crippen LogP contribution in [0.15, 0.2) is 12.5 Å². The lowest BCUT2D eigenvalue weighted by atomic mass is 10.0. The quantitative estimate of drug-likeness (QED) is 0.0356. The van der Waals surface area contributed by atoms with E-state index >= 15 is 0 Å². The molecule has 1 aliphatic rings. The van der Waals surface area contributed by atoms with Crippen molar-refractivity contribution in [1.82, 2.24) is 52.1 Å². The maximum absolute atomic E-state index is 13.8. The van der Waals surface area contributed by atoms with Crippen molar-refractivity contribution in [2.24, 2.45) is 11.7 Å². The number of carbonyl (C=O) groups is 11. The fourth-order valence-electron chi connectivity index (χ4n) is 6.66. The number of aliphatic hydroxyl groups excluding tert-OH is 2. The van der Waals surface area contributed by atoms with Gasteiger partial charge in [0.2, 0.25) is 47.3 Å². The van der Waals surface area contributed by atoms with Gasteiger partial charge in [-0.25, -0.2) is 9.78 Å². The number of carboxylic acids is 3. The summed E-state index contributed by atoms with van der Waals surface area (Å²) in [7, 11) is 0. The molecule has 1 aliphatic heterocycles. The van der Waals surface area contributed by atoms with Gasteiger partial charge < -0.3 is 78.4 Å². The zero-order valence-corrected chi connectivity index (χ0v) is 38.1. The van der Waals surface area contributed by atoms with Crippen LogP contribution in [0.2, 0.25) is 0 Å². The fourth-order valence-corrected chi connectivity index (χ4v) is 7.13. The van der Waals surface area contributed by atoms with Crippen LogP contribution < -0.4 is 43.0 Å². The van der Waals surface area contributed by atoms with Gasteiger partial charge in [-0.3, -0.25) is 47.9 Å². The normalized spacial score (nSPS) is 17.0. The highest BCUT2D eigenvalue weighted by molar-refractivity contribution is 7.98. The average molecular weight is 972 g/mol. The second kappa shape index (κ2) is 27.9. The fraction of sp³-hybridized carbons (Fsp3) is 0.641. The van der Waals surface area contributed by atoms with Crippen LogP contribution in [0.25, 0.3) is 0 Å².